The number of ether oxygens (including phenoxy) is 1. The Kier molecular flexibility index (Phi) is 1.72. The number of nitrogens with zero attached hydrogens (tertiary/aromatic N) is 1. The molecule has 0 fully saturated rings. The molecule has 0 aromatic carbocycles. The lowest BCUT2D eigenvalue weighted by Crippen LogP contribution is -1.86. The Hall–Kier alpha value is -0.990. The number of hydrogen-bond donors (Lipinski definition) is 1. The molecule has 3 nitrogen and oxygen atoms in total. The Balaban J connectivity index is 2.85. The smallest absolute Gasteiger partial charge is 0.235 e. The summed E-state index contributed by atoms with van der Waals surface area (Å²) in [6, 6.07) is 0. The van der Waals surface area contributed by atoms with Crippen LogP contribution in [0.2, 0.25) is 0 Å². The van der Waals surface area contributed by atoms with Crippen LogP contribution in [-0.2, 0) is 6.42 Å². The number of aromatic amines is 1. The van der Waals surface area contributed by atoms with Gasteiger partial charge in [-0.05, 0) is 6.42 Å². The van der Waals surface area contributed by atoms with Crippen LogP contribution in [0.1, 0.15) is 12.5 Å². The van der Waals surface area contributed by atoms with E-state index >= 15 is 0 Å². The number of aryl methyl sites for hydroxylation is 1. The third kappa shape index (κ3) is 1.04. The van der Waals surface area contributed by atoms with E-state index in [1.807, 2.05) is 6.20 Å². The second kappa shape index (κ2) is 2.53. The molecule has 0 aliphatic rings. The zero-order chi connectivity index (χ0) is 6.69. The zero-order valence-electron chi connectivity index (χ0n) is 5.64. The molecule has 1 rings (SSSR count). The van der Waals surface area contributed by atoms with Gasteiger partial charge in [-0.2, -0.15) is 0 Å². The number of aromatic nitrogens is 2. The minimum atomic E-state index is 0.706. The highest BCUT2D eigenvalue weighted by Gasteiger charge is 2.00. The van der Waals surface area contributed by atoms with Crippen molar-refractivity contribution in [2.75, 3.05) is 7.11 Å². The Labute approximate surface area is 54.0 Å². The minimum absolute atomic E-state index is 0.706. The Morgan fingerprint density at radius 3 is 3.00 bits per heavy atom. The van der Waals surface area contributed by atoms with Crippen molar-refractivity contribution in [3.05, 3.63) is 11.8 Å². The Morgan fingerprint density at radius 2 is 2.56 bits per heavy atom. The van der Waals surface area contributed by atoms with Crippen LogP contribution in [0.4, 0.5) is 0 Å². The van der Waals surface area contributed by atoms with Gasteiger partial charge in [-0.25, -0.2) is 0 Å². The fraction of sp³-hybridized carbons (Fsp3) is 0.500. The molecule has 0 atom stereocenters. The average Bonchev–Trinajstić information content (AvgIpc) is 2.33. The number of H-pyrrole nitrogens is 1. The van der Waals surface area contributed by atoms with Crippen LogP contribution in [0, 0.1) is 0 Å². The fourth-order valence-electron chi connectivity index (χ4n) is 0.732. The first kappa shape index (κ1) is 6.13. The van der Waals surface area contributed by atoms with Crippen LogP contribution in [0.3, 0.4) is 0 Å². The first-order valence-electron chi connectivity index (χ1n) is 2.95. The molecule has 9 heavy (non-hydrogen) atoms. The van der Waals surface area contributed by atoms with Gasteiger partial charge >= 0.3 is 0 Å². The average molecular weight is 126 g/mol. The molecule has 0 saturated heterocycles. The third-order valence-corrected chi connectivity index (χ3v) is 1.25. The highest BCUT2D eigenvalue weighted by molar-refractivity contribution is 5.21. The van der Waals surface area contributed by atoms with Gasteiger partial charge in [0.2, 0.25) is 5.88 Å². The maximum absolute atomic E-state index is 4.93. The summed E-state index contributed by atoms with van der Waals surface area (Å²) in [5, 5.41) is 6.58. The molecule has 50 valence electrons. The van der Waals surface area contributed by atoms with Crippen molar-refractivity contribution >= 4 is 0 Å². The van der Waals surface area contributed by atoms with Gasteiger partial charge in [-0.3, -0.25) is 5.10 Å². The summed E-state index contributed by atoms with van der Waals surface area (Å²) >= 11 is 0. The molecular weight excluding hydrogens is 116 g/mol. The molecule has 1 heterocycles. The molecule has 0 bridgehead atoms. The summed E-state index contributed by atoms with van der Waals surface area (Å²) in [4.78, 5) is 0. The van der Waals surface area contributed by atoms with Gasteiger partial charge in [-0.15, -0.1) is 5.10 Å². The largest absolute Gasteiger partial charge is 0.480 e. The number of methoxy groups -OCH3 is 1. The SMILES string of the molecule is CCc1c[nH]nc1OC. The molecule has 0 saturated carbocycles. The number of nitrogens with one attached hydrogen (secondary N) is 1. The van der Waals surface area contributed by atoms with Crippen LogP contribution >= 0.6 is 0 Å². The van der Waals surface area contributed by atoms with Crippen LogP contribution in [0.25, 0.3) is 0 Å². The van der Waals surface area contributed by atoms with Gasteiger partial charge in [0, 0.05) is 11.8 Å². The molecule has 3 heteroatoms. The topological polar surface area (TPSA) is 37.9 Å². The highest BCUT2D eigenvalue weighted by Crippen LogP contribution is 2.12. The fourth-order valence-corrected chi connectivity index (χ4v) is 0.732. The van der Waals surface area contributed by atoms with Crippen molar-refractivity contribution in [2.45, 2.75) is 13.3 Å². The van der Waals surface area contributed by atoms with Crippen molar-refractivity contribution in [1.29, 1.82) is 0 Å². The van der Waals surface area contributed by atoms with E-state index in [1.165, 1.54) is 0 Å². The monoisotopic (exact) mass is 126 g/mol. The Morgan fingerprint density at radius 1 is 1.78 bits per heavy atom. The van der Waals surface area contributed by atoms with Crippen LogP contribution in [0.15, 0.2) is 6.20 Å². The van der Waals surface area contributed by atoms with E-state index in [0.29, 0.717) is 5.88 Å². The molecule has 0 aliphatic carbocycles. The predicted molar refractivity (Wildman–Crippen MR) is 34.5 cm³/mol. The van der Waals surface area contributed by atoms with E-state index in [-0.39, 0.29) is 0 Å². The molecule has 0 radical (unpaired) electrons. The first-order chi connectivity index (χ1) is 4.38. The lowest BCUT2D eigenvalue weighted by molar-refractivity contribution is 0.393. The zero-order valence-corrected chi connectivity index (χ0v) is 5.64. The molecule has 0 amide bonds. The van der Waals surface area contributed by atoms with E-state index in [9.17, 15) is 0 Å². The second-order valence-corrected chi connectivity index (χ2v) is 1.77. The van der Waals surface area contributed by atoms with Crippen LogP contribution in [-0.4, -0.2) is 17.3 Å². The molecule has 1 aromatic rings. The van der Waals surface area contributed by atoms with E-state index < -0.39 is 0 Å². The minimum Gasteiger partial charge on any atom is -0.480 e. The second-order valence-electron chi connectivity index (χ2n) is 1.77. The van der Waals surface area contributed by atoms with Gasteiger partial charge in [0.05, 0.1) is 7.11 Å². The van der Waals surface area contributed by atoms with Gasteiger partial charge < -0.3 is 4.74 Å². The summed E-state index contributed by atoms with van der Waals surface area (Å²) in [7, 11) is 1.62. The summed E-state index contributed by atoms with van der Waals surface area (Å²) in [6.07, 6.45) is 2.80. The molecule has 0 unspecified atom stereocenters. The predicted octanol–water partition coefficient (Wildman–Crippen LogP) is 0.981. The molecule has 0 aliphatic heterocycles. The van der Waals surface area contributed by atoms with Crippen molar-refractivity contribution < 1.29 is 4.74 Å². The first-order valence-corrected chi connectivity index (χ1v) is 2.95. The molecule has 1 N–H and O–H groups in total. The van der Waals surface area contributed by atoms with Crippen molar-refractivity contribution in [3.63, 3.8) is 0 Å². The van der Waals surface area contributed by atoms with Gasteiger partial charge in [0.15, 0.2) is 0 Å². The maximum Gasteiger partial charge on any atom is 0.235 e. The van der Waals surface area contributed by atoms with E-state index in [4.69, 9.17) is 4.74 Å². The van der Waals surface area contributed by atoms with Crippen molar-refractivity contribution in [2.24, 2.45) is 0 Å². The van der Waals surface area contributed by atoms with E-state index in [1.54, 1.807) is 7.11 Å². The summed E-state index contributed by atoms with van der Waals surface area (Å²) in [5.41, 5.74) is 1.12. The quantitative estimate of drug-likeness (QED) is 0.641. The molecule has 1 aromatic heterocycles. The molecular formula is C6H10N2O. The maximum atomic E-state index is 4.93. The van der Waals surface area contributed by atoms with Crippen LogP contribution in [0.5, 0.6) is 5.88 Å². The van der Waals surface area contributed by atoms with Gasteiger partial charge in [0.25, 0.3) is 0 Å². The lowest BCUT2D eigenvalue weighted by atomic mass is 10.3. The van der Waals surface area contributed by atoms with E-state index in [0.717, 1.165) is 12.0 Å². The van der Waals surface area contributed by atoms with Crippen molar-refractivity contribution in [3.8, 4) is 5.88 Å². The highest BCUT2D eigenvalue weighted by atomic mass is 16.5. The summed E-state index contributed by atoms with van der Waals surface area (Å²) in [5.74, 6) is 0.706. The lowest BCUT2D eigenvalue weighted by Gasteiger charge is -1.93. The normalized spacial score (nSPS) is 9.56. The summed E-state index contributed by atoms with van der Waals surface area (Å²) < 4.78 is 4.93. The third-order valence-electron chi connectivity index (χ3n) is 1.25. The van der Waals surface area contributed by atoms with Gasteiger partial charge in [-0.1, -0.05) is 6.92 Å². The summed E-state index contributed by atoms with van der Waals surface area (Å²) in [6.45, 7) is 2.06. The number of rotatable bonds is 2. The van der Waals surface area contributed by atoms with E-state index in [2.05, 4.69) is 17.1 Å². The van der Waals surface area contributed by atoms with Gasteiger partial charge in [0.1, 0.15) is 0 Å². The molecule has 0 spiro atoms. The standard InChI is InChI=1S/C6H10N2O/c1-3-5-4-7-8-6(5)9-2/h4H,3H2,1-2H3,(H,7,8). The van der Waals surface area contributed by atoms with Crippen molar-refractivity contribution in [1.82, 2.24) is 10.2 Å². The van der Waals surface area contributed by atoms with Crippen LogP contribution < -0.4 is 4.74 Å². The number of hydrogen-bond acceptors (Lipinski definition) is 2. The Bertz CT molecular complexity index is 164.